The summed E-state index contributed by atoms with van der Waals surface area (Å²) in [4.78, 5) is 21.6. The molecule has 0 aliphatic heterocycles. The Labute approximate surface area is 194 Å². The molecule has 0 fully saturated rings. The summed E-state index contributed by atoms with van der Waals surface area (Å²) in [6, 6.07) is 24.6. The molecular formula is C29H27N3O. The van der Waals surface area contributed by atoms with Crippen LogP contribution in [0.5, 0.6) is 0 Å². The normalized spacial score (nSPS) is 16.5. The minimum atomic E-state index is -0.643. The molecule has 4 heteroatoms. The Hall–Kier alpha value is -3.79. The number of benzene rings is 2. The van der Waals surface area contributed by atoms with Crippen LogP contribution >= 0.6 is 0 Å². The first kappa shape index (κ1) is 21.1. The number of hydrogen-bond donors (Lipinski definition) is 1. The van der Waals surface area contributed by atoms with Crippen molar-refractivity contribution in [3.63, 3.8) is 0 Å². The molecule has 0 saturated carbocycles. The molecule has 0 bridgehead atoms. The van der Waals surface area contributed by atoms with Gasteiger partial charge in [-0.3, -0.25) is 14.8 Å². The highest BCUT2D eigenvalue weighted by Crippen LogP contribution is 2.47. The van der Waals surface area contributed by atoms with Gasteiger partial charge in [0, 0.05) is 36.5 Å². The van der Waals surface area contributed by atoms with Crippen molar-refractivity contribution in [1.29, 1.82) is 0 Å². The van der Waals surface area contributed by atoms with E-state index in [1.165, 1.54) is 16.7 Å². The average molecular weight is 434 g/mol. The Morgan fingerprint density at radius 3 is 2.27 bits per heavy atom. The van der Waals surface area contributed by atoms with E-state index in [9.17, 15) is 4.79 Å². The van der Waals surface area contributed by atoms with Gasteiger partial charge in [-0.05, 0) is 47.7 Å². The summed E-state index contributed by atoms with van der Waals surface area (Å²) in [6.07, 6.45) is 5.62. The molecular weight excluding hydrogens is 406 g/mol. The van der Waals surface area contributed by atoms with Gasteiger partial charge in [0.2, 0.25) is 5.91 Å². The van der Waals surface area contributed by atoms with Crippen molar-refractivity contribution in [2.24, 2.45) is 0 Å². The van der Waals surface area contributed by atoms with Crippen LogP contribution < -0.4 is 5.32 Å². The third-order valence-corrected chi connectivity index (χ3v) is 6.60. The second kappa shape index (κ2) is 8.62. The molecule has 2 aromatic carbocycles. The van der Waals surface area contributed by atoms with Gasteiger partial charge in [-0.25, -0.2) is 0 Å². The number of carbonyl (C=O) groups is 1. The highest BCUT2D eigenvalue weighted by Gasteiger charge is 2.45. The van der Waals surface area contributed by atoms with Crippen LogP contribution in [0.3, 0.4) is 0 Å². The summed E-state index contributed by atoms with van der Waals surface area (Å²) in [7, 11) is 0. The third kappa shape index (κ3) is 3.52. The number of carbonyl (C=O) groups excluding carboxylic acids is 1. The van der Waals surface area contributed by atoms with Gasteiger partial charge < -0.3 is 5.32 Å². The largest absolute Gasteiger partial charge is 0.355 e. The molecule has 0 radical (unpaired) electrons. The molecule has 4 nitrogen and oxygen atoms in total. The monoisotopic (exact) mass is 433 g/mol. The quantitative estimate of drug-likeness (QED) is 0.406. The Morgan fingerprint density at radius 1 is 0.818 bits per heavy atom. The molecule has 1 unspecified atom stereocenters. The van der Waals surface area contributed by atoms with E-state index in [0.717, 1.165) is 40.9 Å². The summed E-state index contributed by atoms with van der Waals surface area (Å²) >= 11 is 0. The van der Waals surface area contributed by atoms with E-state index in [2.05, 4.69) is 52.5 Å². The number of nitrogens with one attached hydrogen (secondary N) is 1. The number of rotatable bonds is 3. The van der Waals surface area contributed by atoms with Crippen molar-refractivity contribution in [1.82, 2.24) is 15.3 Å². The zero-order valence-electron chi connectivity index (χ0n) is 19.0. The van der Waals surface area contributed by atoms with E-state index in [4.69, 9.17) is 0 Å². The molecule has 2 heterocycles. The van der Waals surface area contributed by atoms with E-state index in [1.807, 2.05) is 55.6 Å². The predicted octanol–water partition coefficient (Wildman–Crippen LogP) is 5.55. The first-order valence-electron chi connectivity index (χ1n) is 11.5. The molecule has 2 aromatic heterocycles. The molecule has 0 spiro atoms. The van der Waals surface area contributed by atoms with Crippen LogP contribution in [-0.2, 0) is 16.6 Å². The van der Waals surface area contributed by atoms with Gasteiger partial charge in [-0.2, -0.15) is 0 Å². The van der Waals surface area contributed by atoms with Gasteiger partial charge in [0.1, 0.15) is 0 Å². The van der Waals surface area contributed by atoms with Crippen LogP contribution in [0.2, 0.25) is 0 Å². The number of nitrogens with zero attached hydrogens (tertiary/aromatic N) is 2. The summed E-state index contributed by atoms with van der Waals surface area (Å²) in [5.74, 6) is 0.0542. The summed E-state index contributed by atoms with van der Waals surface area (Å²) < 4.78 is 0. The number of amides is 1. The maximum atomic E-state index is 12.7. The molecule has 2 aliphatic rings. The van der Waals surface area contributed by atoms with Gasteiger partial charge in [-0.15, -0.1) is 0 Å². The standard InChI is InChI=1S/C17H18N2O.C12H9N/c1-3-10-19-16(20)17(2)13-8-5-4-7-12(13)15-14(17)9-6-11-18-15;1-2-6-11-9(4-1)8-10-5-3-7-13-12(10)11/h4-9,11H,3,10H2,1-2H3,(H,19,20);1-7H,8H2. The van der Waals surface area contributed by atoms with E-state index in [0.29, 0.717) is 6.54 Å². The molecule has 0 saturated heterocycles. The first-order valence-corrected chi connectivity index (χ1v) is 11.5. The van der Waals surface area contributed by atoms with Crippen LogP contribution in [0, 0.1) is 0 Å². The SMILES string of the molecule is CCCNC(=O)C1(C)c2ccccc2-c2ncccc21.c1ccc2c(c1)Cc1cccnc1-2. The Bertz CT molecular complexity index is 1240. The highest BCUT2D eigenvalue weighted by atomic mass is 16.2. The second-order valence-corrected chi connectivity index (χ2v) is 8.67. The minimum absolute atomic E-state index is 0.0542. The summed E-state index contributed by atoms with van der Waals surface area (Å²) in [5.41, 5.74) is 8.61. The predicted molar refractivity (Wildman–Crippen MR) is 132 cm³/mol. The fraction of sp³-hybridized carbons (Fsp3) is 0.207. The van der Waals surface area contributed by atoms with E-state index in [-0.39, 0.29) is 5.91 Å². The van der Waals surface area contributed by atoms with Crippen LogP contribution in [0.4, 0.5) is 0 Å². The van der Waals surface area contributed by atoms with E-state index < -0.39 is 5.41 Å². The zero-order chi connectivity index (χ0) is 22.8. The number of pyridine rings is 2. The fourth-order valence-electron chi connectivity index (χ4n) is 4.89. The number of fused-ring (bicyclic) bond motifs is 6. The molecule has 4 aromatic rings. The Morgan fingerprint density at radius 2 is 1.45 bits per heavy atom. The third-order valence-electron chi connectivity index (χ3n) is 6.60. The lowest BCUT2D eigenvalue weighted by Crippen LogP contribution is -2.42. The number of hydrogen-bond acceptors (Lipinski definition) is 3. The van der Waals surface area contributed by atoms with Crippen molar-refractivity contribution in [2.45, 2.75) is 32.1 Å². The van der Waals surface area contributed by atoms with Crippen molar-refractivity contribution >= 4 is 5.91 Å². The molecule has 1 N–H and O–H groups in total. The second-order valence-electron chi connectivity index (χ2n) is 8.67. The molecule has 164 valence electrons. The van der Waals surface area contributed by atoms with Crippen LogP contribution in [0.15, 0.2) is 85.2 Å². The molecule has 33 heavy (non-hydrogen) atoms. The first-order chi connectivity index (χ1) is 16.1. The molecule has 6 rings (SSSR count). The van der Waals surface area contributed by atoms with Gasteiger partial charge in [-0.1, -0.05) is 67.6 Å². The lowest BCUT2D eigenvalue weighted by molar-refractivity contribution is -0.124. The van der Waals surface area contributed by atoms with Crippen molar-refractivity contribution < 1.29 is 4.79 Å². The summed E-state index contributed by atoms with van der Waals surface area (Å²) in [6.45, 7) is 4.75. The smallest absolute Gasteiger partial charge is 0.234 e. The Balaban J connectivity index is 0.000000151. The lowest BCUT2D eigenvalue weighted by Gasteiger charge is -2.25. The lowest BCUT2D eigenvalue weighted by atomic mass is 9.79. The average Bonchev–Trinajstić information content (AvgIpc) is 3.38. The van der Waals surface area contributed by atoms with E-state index in [1.54, 1.807) is 6.20 Å². The van der Waals surface area contributed by atoms with Crippen LogP contribution in [-0.4, -0.2) is 22.4 Å². The van der Waals surface area contributed by atoms with Gasteiger partial charge in [0.05, 0.1) is 16.8 Å². The minimum Gasteiger partial charge on any atom is -0.355 e. The maximum absolute atomic E-state index is 12.7. The van der Waals surface area contributed by atoms with Crippen molar-refractivity contribution in [3.8, 4) is 22.5 Å². The molecule has 2 aliphatic carbocycles. The Kier molecular flexibility index (Phi) is 5.51. The zero-order valence-corrected chi connectivity index (χ0v) is 19.0. The topological polar surface area (TPSA) is 54.9 Å². The van der Waals surface area contributed by atoms with Gasteiger partial charge in [0.15, 0.2) is 0 Å². The fourth-order valence-corrected chi connectivity index (χ4v) is 4.89. The molecule has 1 atom stereocenters. The number of aromatic nitrogens is 2. The van der Waals surface area contributed by atoms with E-state index >= 15 is 0 Å². The summed E-state index contributed by atoms with van der Waals surface area (Å²) in [5, 5.41) is 3.03. The molecule has 1 amide bonds. The van der Waals surface area contributed by atoms with Crippen molar-refractivity contribution in [3.05, 3.63) is 107 Å². The van der Waals surface area contributed by atoms with Crippen LogP contribution in [0.1, 0.15) is 42.5 Å². The van der Waals surface area contributed by atoms with Gasteiger partial charge in [0.25, 0.3) is 0 Å². The van der Waals surface area contributed by atoms with Crippen molar-refractivity contribution in [2.75, 3.05) is 6.54 Å². The maximum Gasteiger partial charge on any atom is 0.234 e. The highest BCUT2D eigenvalue weighted by molar-refractivity contribution is 5.99. The van der Waals surface area contributed by atoms with Gasteiger partial charge >= 0.3 is 0 Å². The van der Waals surface area contributed by atoms with Crippen LogP contribution in [0.25, 0.3) is 22.5 Å².